The van der Waals surface area contributed by atoms with Crippen LogP contribution < -0.4 is 5.73 Å². The zero-order chi connectivity index (χ0) is 19.8. The molecule has 0 saturated carbocycles. The highest BCUT2D eigenvalue weighted by Gasteiger charge is 2.36. The number of ether oxygens (including phenoxy) is 1. The van der Waals surface area contributed by atoms with Crippen LogP contribution in [0.25, 0.3) is 0 Å². The number of amides is 1. The number of fused-ring (bicyclic) bond motifs is 1. The molecule has 1 fully saturated rings. The van der Waals surface area contributed by atoms with E-state index in [0.29, 0.717) is 32.7 Å². The molecule has 2 aliphatic rings. The van der Waals surface area contributed by atoms with Crippen molar-refractivity contribution in [2.24, 2.45) is 5.73 Å². The third-order valence-corrected chi connectivity index (χ3v) is 7.27. The molecule has 0 aromatic heterocycles. The third kappa shape index (κ3) is 4.03. The maximum atomic E-state index is 13.1. The lowest BCUT2D eigenvalue weighted by molar-refractivity contribution is -0.136. The van der Waals surface area contributed by atoms with Gasteiger partial charge in [0.05, 0.1) is 17.0 Å². The normalized spacial score (nSPS) is 21.3. The first kappa shape index (κ1) is 20.3. The standard InChI is InChI=1S/C19H29N3O4S/c1-19(2,20)18(23)21-10-8-14-6-7-17(11-15(14)12-21)27(24,25)22-9-4-5-16(22)13-26-3/h6-7,11,16H,4-5,8-10,12-13,20H2,1-3H3. The van der Waals surface area contributed by atoms with Gasteiger partial charge >= 0.3 is 0 Å². The molecule has 3 rings (SSSR count). The van der Waals surface area contributed by atoms with Crippen LogP contribution in [-0.4, -0.2) is 61.9 Å². The summed E-state index contributed by atoms with van der Waals surface area (Å²) in [5, 5.41) is 0. The van der Waals surface area contributed by atoms with Gasteiger partial charge in [-0.05, 0) is 56.4 Å². The summed E-state index contributed by atoms with van der Waals surface area (Å²) in [6.45, 7) is 5.28. The number of benzene rings is 1. The molecule has 8 heteroatoms. The van der Waals surface area contributed by atoms with Crippen LogP contribution >= 0.6 is 0 Å². The van der Waals surface area contributed by atoms with E-state index in [4.69, 9.17) is 10.5 Å². The van der Waals surface area contributed by atoms with Crippen molar-refractivity contribution in [1.29, 1.82) is 0 Å². The molecule has 0 radical (unpaired) electrons. The number of sulfonamides is 1. The van der Waals surface area contributed by atoms with E-state index in [1.807, 2.05) is 6.07 Å². The van der Waals surface area contributed by atoms with Gasteiger partial charge in [-0.1, -0.05) is 6.07 Å². The van der Waals surface area contributed by atoms with E-state index in [-0.39, 0.29) is 16.8 Å². The fourth-order valence-corrected chi connectivity index (χ4v) is 5.62. The Bertz CT molecular complexity index is 817. The van der Waals surface area contributed by atoms with Gasteiger partial charge in [0.1, 0.15) is 0 Å². The Labute approximate surface area is 161 Å². The van der Waals surface area contributed by atoms with Gasteiger partial charge in [-0.15, -0.1) is 0 Å². The molecule has 2 N–H and O–H groups in total. The summed E-state index contributed by atoms with van der Waals surface area (Å²) in [5.41, 5.74) is 6.97. The number of nitrogens with zero attached hydrogens (tertiary/aromatic N) is 2. The molecule has 2 heterocycles. The average molecular weight is 396 g/mol. The number of rotatable bonds is 5. The topological polar surface area (TPSA) is 92.9 Å². The lowest BCUT2D eigenvalue weighted by atomic mass is 9.97. The fraction of sp³-hybridized carbons (Fsp3) is 0.632. The van der Waals surface area contributed by atoms with Crippen LogP contribution in [0, 0.1) is 0 Å². The molecule has 1 unspecified atom stereocenters. The summed E-state index contributed by atoms with van der Waals surface area (Å²) in [6, 6.07) is 5.15. The highest BCUT2D eigenvalue weighted by Crippen LogP contribution is 2.29. The minimum atomic E-state index is -3.58. The zero-order valence-corrected chi connectivity index (χ0v) is 17.1. The van der Waals surface area contributed by atoms with E-state index in [9.17, 15) is 13.2 Å². The predicted molar refractivity (Wildman–Crippen MR) is 103 cm³/mol. The second-order valence-corrected chi connectivity index (χ2v) is 9.89. The number of hydrogen-bond acceptors (Lipinski definition) is 5. The first-order valence-corrected chi connectivity index (χ1v) is 10.8. The number of carbonyl (C=O) groups is 1. The van der Waals surface area contributed by atoms with E-state index in [0.717, 1.165) is 24.0 Å². The minimum Gasteiger partial charge on any atom is -0.383 e. The molecule has 0 bridgehead atoms. The summed E-state index contributed by atoms with van der Waals surface area (Å²) in [5.74, 6) is -0.124. The molecule has 1 amide bonds. The Morgan fingerprint density at radius 2 is 2.04 bits per heavy atom. The summed E-state index contributed by atoms with van der Waals surface area (Å²) < 4.78 is 33.0. The van der Waals surface area contributed by atoms with Gasteiger partial charge in [0.2, 0.25) is 15.9 Å². The van der Waals surface area contributed by atoms with Crippen LogP contribution in [0.5, 0.6) is 0 Å². The highest BCUT2D eigenvalue weighted by atomic mass is 32.2. The molecule has 0 spiro atoms. The molecule has 150 valence electrons. The monoisotopic (exact) mass is 395 g/mol. The summed E-state index contributed by atoms with van der Waals surface area (Å²) in [7, 11) is -1.99. The van der Waals surface area contributed by atoms with Gasteiger partial charge < -0.3 is 15.4 Å². The Morgan fingerprint density at radius 3 is 2.70 bits per heavy atom. The Kier molecular flexibility index (Phi) is 5.63. The molecular weight excluding hydrogens is 366 g/mol. The molecular formula is C19H29N3O4S. The van der Waals surface area contributed by atoms with Crippen molar-refractivity contribution in [3.05, 3.63) is 29.3 Å². The molecule has 0 aliphatic carbocycles. The third-order valence-electron chi connectivity index (χ3n) is 5.32. The van der Waals surface area contributed by atoms with E-state index in [2.05, 4.69) is 0 Å². The van der Waals surface area contributed by atoms with Crippen molar-refractivity contribution in [3.8, 4) is 0 Å². The second-order valence-electron chi connectivity index (χ2n) is 8.00. The zero-order valence-electron chi connectivity index (χ0n) is 16.3. The molecule has 1 aromatic carbocycles. The van der Waals surface area contributed by atoms with Gasteiger partial charge in [-0.3, -0.25) is 4.79 Å². The Morgan fingerprint density at radius 1 is 1.30 bits per heavy atom. The average Bonchev–Trinajstić information content (AvgIpc) is 3.09. The quantitative estimate of drug-likeness (QED) is 0.806. The van der Waals surface area contributed by atoms with Gasteiger partial charge in [-0.25, -0.2) is 8.42 Å². The van der Waals surface area contributed by atoms with Crippen LogP contribution in [0.2, 0.25) is 0 Å². The maximum Gasteiger partial charge on any atom is 0.243 e. The van der Waals surface area contributed by atoms with E-state index < -0.39 is 15.6 Å². The predicted octanol–water partition coefficient (Wildman–Crippen LogP) is 1.11. The Hall–Kier alpha value is -1.48. The van der Waals surface area contributed by atoms with Gasteiger partial charge in [0.15, 0.2) is 0 Å². The number of methoxy groups -OCH3 is 1. The fourth-order valence-electron chi connectivity index (χ4n) is 3.89. The first-order valence-electron chi connectivity index (χ1n) is 9.35. The van der Waals surface area contributed by atoms with Crippen LogP contribution in [-0.2, 0) is 32.5 Å². The lowest BCUT2D eigenvalue weighted by Gasteiger charge is -2.33. The molecule has 1 atom stereocenters. The van der Waals surface area contributed by atoms with Crippen molar-refractivity contribution in [3.63, 3.8) is 0 Å². The lowest BCUT2D eigenvalue weighted by Crippen LogP contribution is -2.52. The Balaban J connectivity index is 1.87. The van der Waals surface area contributed by atoms with Crippen LogP contribution in [0.1, 0.15) is 37.8 Å². The first-order chi connectivity index (χ1) is 12.6. The number of hydrogen-bond donors (Lipinski definition) is 1. The molecule has 27 heavy (non-hydrogen) atoms. The summed E-state index contributed by atoms with van der Waals surface area (Å²) >= 11 is 0. The molecule has 1 saturated heterocycles. The molecule has 1 aromatic rings. The van der Waals surface area contributed by atoms with Crippen molar-refractivity contribution in [1.82, 2.24) is 9.21 Å². The highest BCUT2D eigenvalue weighted by molar-refractivity contribution is 7.89. The van der Waals surface area contributed by atoms with Gasteiger partial charge in [0.25, 0.3) is 0 Å². The van der Waals surface area contributed by atoms with Crippen molar-refractivity contribution < 1.29 is 17.9 Å². The van der Waals surface area contributed by atoms with Crippen molar-refractivity contribution in [2.75, 3.05) is 26.8 Å². The number of carbonyl (C=O) groups excluding carboxylic acids is 1. The summed E-state index contributed by atoms with van der Waals surface area (Å²) in [6.07, 6.45) is 2.35. The van der Waals surface area contributed by atoms with Gasteiger partial charge in [-0.2, -0.15) is 4.31 Å². The van der Waals surface area contributed by atoms with E-state index >= 15 is 0 Å². The van der Waals surface area contributed by atoms with E-state index in [1.54, 1.807) is 42.3 Å². The van der Waals surface area contributed by atoms with Crippen molar-refractivity contribution >= 4 is 15.9 Å². The molecule has 2 aliphatic heterocycles. The largest absolute Gasteiger partial charge is 0.383 e. The van der Waals surface area contributed by atoms with Gasteiger partial charge in [0, 0.05) is 32.8 Å². The maximum absolute atomic E-state index is 13.1. The van der Waals surface area contributed by atoms with Crippen LogP contribution in [0.15, 0.2) is 23.1 Å². The van der Waals surface area contributed by atoms with Crippen LogP contribution in [0.3, 0.4) is 0 Å². The smallest absolute Gasteiger partial charge is 0.243 e. The summed E-state index contributed by atoms with van der Waals surface area (Å²) in [4.78, 5) is 14.5. The van der Waals surface area contributed by atoms with Crippen molar-refractivity contribution in [2.45, 2.75) is 56.1 Å². The SMILES string of the molecule is COCC1CCCN1S(=O)(=O)c1ccc2c(c1)CN(C(=O)C(C)(C)N)CC2. The van der Waals surface area contributed by atoms with Crippen LogP contribution in [0.4, 0.5) is 0 Å². The molecule has 7 nitrogen and oxygen atoms in total. The number of nitrogens with two attached hydrogens (primary N) is 1. The van der Waals surface area contributed by atoms with E-state index in [1.165, 1.54) is 0 Å². The minimum absolute atomic E-state index is 0.118. The second kappa shape index (κ2) is 7.50.